The number of imidazole rings is 2. The van der Waals surface area contributed by atoms with Crippen LogP contribution in [0.5, 0.6) is 0 Å². The zero-order chi connectivity index (χ0) is 24.3. The molecular weight excluding hydrogens is 456 g/mol. The summed E-state index contributed by atoms with van der Waals surface area (Å²) in [5, 5.41) is 1.15. The van der Waals surface area contributed by atoms with E-state index in [9.17, 15) is 0 Å². The first-order valence-corrected chi connectivity index (χ1v) is 12.2. The fraction of sp³-hybridized carbons (Fsp3) is 0. The Kier molecular flexibility index (Phi) is 4.13. The van der Waals surface area contributed by atoms with E-state index in [1.54, 1.807) is 6.20 Å². The molecule has 0 saturated carbocycles. The maximum atomic E-state index is 5.27. The first-order valence-electron chi connectivity index (χ1n) is 12.2. The maximum absolute atomic E-state index is 5.27. The molecule has 0 unspecified atom stereocenters. The van der Waals surface area contributed by atoms with Gasteiger partial charge in [-0.25, -0.2) is 0 Å². The summed E-state index contributed by atoms with van der Waals surface area (Å²) in [5.74, 6) is 0.884. The third-order valence-electron chi connectivity index (χ3n) is 6.96. The molecule has 0 fully saturated rings. The molecule has 0 aliphatic heterocycles. The molecule has 0 N–H and O–H groups in total. The Morgan fingerprint density at radius 3 is 2.03 bits per heavy atom. The van der Waals surface area contributed by atoms with Crippen LogP contribution in [0.3, 0.4) is 0 Å². The Morgan fingerprint density at radius 2 is 1.24 bits per heavy atom. The van der Waals surface area contributed by atoms with E-state index in [0.29, 0.717) is 0 Å². The standard InChI is InChI=1S/C31H20N6/c1-2-10-21(11-3-1)36-27-15-6-7-16-28(27)37-29-23-12-4-5-14-26(23)35(30(29)34-31(36)37)22-17-18-25(33-20-22)24-13-8-9-19-32-24/h1-20H. The van der Waals surface area contributed by atoms with Gasteiger partial charge in [-0.2, -0.15) is 4.98 Å². The molecule has 0 atom stereocenters. The van der Waals surface area contributed by atoms with Crippen LogP contribution in [0.25, 0.3) is 61.6 Å². The van der Waals surface area contributed by atoms with Gasteiger partial charge < -0.3 is 0 Å². The largest absolute Gasteiger partial charge is 0.291 e. The summed E-state index contributed by atoms with van der Waals surface area (Å²) in [6, 6.07) is 37.4. The molecule has 0 bridgehead atoms. The van der Waals surface area contributed by atoms with E-state index in [2.05, 4.69) is 97.4 Å². The van der Waals surface area contributed by atoms with Crippen molar-refractivity contribution in [1.82, 2.24) is 28.5 Å². The minimum atomic E-state index is 0.841. The van der Waals surface area contributed by atoms with E-state index >= 15 is 0 Å². The van der Waals surface area contributed by atoms with Gasteiger partial charge in [0, 0.05) is 17.3 Å². The van der Waals surface area contributed by atoms with E-state index in [1.807, 2.05) is 36.5 Å². The van der Waals surface area contributed by atoms with Gasteiger partial charge in [0.25, 0.3) is 0 Å². The summed E-state index contributed by atoms with van der Waals surface area (Å²) in [4.78, 5) is 14.5. The lowest BCUT2D eigenvalue weighted by atomic mass is 10.2. The number of nitrogens with zero attached hydrogens (tertiary/aromatic N) is 6. The van der Waals surface area contributed by atoms with Gasteiger partial charge in [-0.3, -0.25) is 23.5 Å². The van der Waals surface area contributed by atoms with Crippen molar-refractivity contribution in [1.29, 1.82) is 0 Å². The molecule has 37 heavy (non-hydrogen) atoms. The van der Waals surface area contributed by atoms with E-state index in [-0.39, 0.29) is 0 Å². The van der Waals surface area contributed by atoms with Crippen LogP contribution in [-0.2, 0) is 0 Å². The van der Waals surface area contributed by atoms with Crippen LogP contribution in [0.1, 0.15) is 0 Å². The predicted molar refractivity (Wildman–Crippen MR) is 147 cm³/mol. The molecule has 8 rings (SSSR count). The van der Waals surface area contributed by atoms with Crippen LogP contribution >= 0.6 is 0 Å². The fourth-order valence-electron chi connectivity index (χ4n) is 5.38. The van der Waals surface area contributed by atoms with Crippen molar-refractivity contribution >= 4 is 38.9 Å². The molecule has 0 radical (unpaired) electrons. The molecule has 0 aliphatic rings. The number of hydrogen-bond donors (Lipinski definition) is 0. The zero-order valence-corrected chi connectivity index (χ0v) is 19.7. The Hall–Kier alpha value is -5.23. The number of hydrogen-bond acceptors (Lipinski definition) is 3. The van der Waals surface area contributed by atoms with Crippen LogP contribution in [0.2, 0.25) is 0 Å². The Bertz CT molecular complexity index is 2060. The highest BCUT2D eigenvalue weighted by atomic mass is 15.2. The van der Waals surface area contributed by atoms with Gasteiger partial charge in [0.2, 0.25) is 5.78 Å². The lowest BCUT2D eigenvalue weighted by molar-refractivity contribution is 1.08. The van der Waals surface area contributed by atoms with E-state index < -0.39 is 0 Å². The Balaban J connectivity index is 1.46. The lowest BCUT2D eigenvalue weighted by Crippen LogP contribution is -1.98. The minimum absolute atomic E-state index is 0.841. The highest BCUT2D eigenvalue weighted by molar-refractivity contribution is 6.09. The zero-order valence-electron chi connectivity index (χ0n) is 19.7. The van der Waals surface area contributed by atoms with Crippen molar-refractivity contribution in [3.8, 4) is 22.8 Å². The van der Waals surface area contributed by atoms with Crippen LogP contribution in [0, 0.1) is 0 Å². The third-order valence-corrected chi connectivity index (χ3v) is 6.96. The molecule has 8 aromatic rings. The number of fused-ring (bicyclic) bond motifs is 7. The molecule has 0 spiro atoms. The molecular formula is C31H20N6. The summed E-state index contributed by atoms with van der Waals surface area (Å²) in [5.41, 5.74) is 9.07. The highest BCUT2D eigenvalue weighted by Crippen LogP contribution is 2.36. The quantitative estimate of drug-likeness (QED) is 0.281. The van der Waals surface area contributed by atoms with Crippen molar-refractivity contribution in [2.75, 3.05) is 0 Å². The molecule has 5 aromatic heterocycles. The summed E-state index contributed by atoms with van der Waals surface area (Å²) in [7, 11) is 0. The van der Waals surface area contributed by atoms with Gasteiger partial charge in [0.1, 0.15) is 5.52 Å². The fourth-order valence-corrected chi connectivity index (χ4v) is 5.38. The SMILES string of the molecule is c1ccc(-n2c3ccccc3n3c4c5ccccc5n(-c5ccc(-c6ccccn6)nc5)c4nc23)cc1. The van der Waals surface area contributed by atoms with Crippen molar-refractivity contribution in [3.05, 3.63) is 122 Å². The summed E-state index contributed by atoms with van der Waals surface area (Å²) in [6.07, 6.45) is 3.69. The highest BCUT2D eigenvalue weighted by Gasteiger charge is 2.23. The van der Waals surface area contributed by atoms with Gasteiger partial charge in [0.05, 0.1) is 39.8 Å². The Morgan fingerprint density at radius 1 is 0.514 bits per heavy atom. The van der Waals surface area contributed by atoms with Gasteiger partial charge in [-0.15, -0.1) is 0 Å². The first kappa shape index (κ1) is 20.0. The van der Waals surface area contributed by atoms with Crippen LogP contribution < -0.4 is 0 Å². The van der Waals surface area contributed by atoms with Crippen molar-refractivity contribution < 1.29 is 0 Å². The van der Waals surface area contributed by atoms with E-state index in [1.165, 1.54) is 0 Å². The molecule has 6 heteroatoms. The van der Waals surface area contributed by atoms with E-state index in [4.69, 9.17) is 9.97 Å². The monoisotopic (exact) mass is 476 g/mol. The predicted octanol–water partition coefficient (Wildman–Crippen LogP) is 6.83. The lowest BCUT2D eigenvalue weighted by Gasteiger charge is -2.07. The second kappa shape index (κ2) is 7.63. The summed E-state index contributed by atoms with van der Waals surface area (Å²) in [6.45, 7) is 0. The van der Waals surface area contributed by atoms with Crippen molar-refractivity contribution in [3.63, 3.8) is 0 Å². The van der Waals surface area contributed by atoms with E-state index in [0.717, 1.165) is 61.6 Å². The van der Waals surface area contributed by atoms with Crippen LogP contribution in [-0.4, -0.2) is 28.5 Å². The number of rotatable bonds is 3. The number of pyridine rings is 2. The first-order chi connectivity index (χ1) is 18.4. The summed E-state index contributed by atoms with van der Waals surface area (Å²) >= 11 is 0. The van der Waals surface area contributed by atoms with Gasteiger partial charge in [-0.1, -0.05) is 54.6 Å². The number of benzene rings is 3. The normalized spacial score (nSPS) is 11.8. The molecule has 0 aliphatic carbocycles. The average molecular weight is 477 g/mol. The van der Waals surface area contributed by atoms with Gasteiger partial charge in [0.15, 0.2) is 5.65 Å². The second-order valence-electron chi connectivity index (χ2n) is 9.05. The van der Waals surface area contributed by atoms with Crippen molar-refractivity contribution in [2.45, 2.75) is 0 Å². The molecule has 0 amide bonds. The van der Waals surface area contributed by atoms with Crippen molar-refractivity contribution in [2.24, 2.45) is 0 Å². The average Bonchev–Trinajstić information content (AvgIpc) is 3.59. The maximum Gasteiger partial charge on any atom is 0.222 e. The molecule has 3 aromatic carbocycles. The number of aromatic nitrogens is 6. The van der Waals surface area contributed by atoms with Gasteiger partial charge in [-0.05, 0) is 54.6 Å². The topological polar surface area (TPSA) is 52.9 Å². The van der Waals surface area contributed by atoms with Crippen LogP contribution in [0.4, 0.5) is 0 Å². The molecule has 0 saturated heterocycles. The molecule has 174 valence electrons. The summed E-state index contributed by atoms with van der Waals surface area (Å²) < 4.78 is 6.72. The van der Waals surface area contributed by atoms with Crippen LogP contribution in [0.15, 0.2) is 122 Å². The minimum Gasteiger partial charge on any atom is -0.291 e. The number of para-hydroxylation sites is 4. The Labute approximate surface area is 211 Å². The van der Waals surface area contributed by atoms with Gasteiger partial charge >= 0.3 is 0 Å². The smallest absolute Gasteiger partial charge is 0.222 e. The third kappa shape index (κ3) is 2.84. The molecule has 6 nitrogen and oxygen atoms in total. The molecule has 5 heterocycles. The second-order valence-corrected chi connectivity index (χ2v) is 9.05.